The van der Waals surface area contributed by atoms with Crippen LogP contribution in [0.2, 0.25) is 5.15 Å². The standard InChI is InChI=1S/C8H11ClIN3O/c1-8(2,3)13-7(14)6-11-4(9)5(10)12-6/h1-3H3,(H,11,12)(H,13,14). The fourth-order valence-corrected chi connectivity index (χ4v) is 1.35. The quantitative estimate of drug-likeness (QED) is 0.777. The lowest BCUT2D eigenvalue weighted by molar-refractivity contribution is 0.0909. The number of nitrogens with one attached hydrogen (secondary N) is 2. The van der Waals surface area contributed by atoms with Crippen LogP contribution < -0.4 is 5.32 Å². The van der Waals surface area contributed by atoms with Crippen LogP contribution in [0.5, 0.6) is 0 Å². The highest BCUT2D eigenvalue weighted by Crippen LogP contribution is 2.14. The molecule has 1 aromatic heterocycles. The second-order valence-corrected chi connectivity index (χ2v) is 5.29. The Morgan fingerprint density at radius 1 is 1.57 bits per heavy atom. The number of aromatic nitrogens is 2. The zero-order valence-electron chi connectivity index (χ0n) is 8.11. The van der Waals surface area contributed by atoms with E-state index in [4.69, 9.17) is 11.6 Å². The Kier molecular flexibility index (Phi) is 3.41. The van der Waals surface area contributed by atoms with Crippen LogP contribution in [-0.2, 0) is 0 Å². The van der Waals surface area contributed by atoms with Crippen molar-refractivity contribution in [3.05, 3.63) is 14.7 Å². The molecule has 0 aromatic carbocycles. The normalized spacial score (nSPS) is 11.5. The van der Waals surface area contributed by atoms with E-state index < -0.39 is 0 Å². The highest BCUT2D eigenvalue weighted by Gasteiger charge is 2.18. The molecule has 0 aliphatic rings. The smallest absolute Gasteiger partial charge is 0.287 e. The van der Waals surface area contributed by atoms with E-state index in [1.165, 1.54) is 0 Å². The summed E-state index contributed by atoms with van der Waals surface area (Å²) in [6, 6.07) is 0. The molecule has 14 heavy (non-hydrogen) atoms. The lowest BCUT2D eigenvalue weighted by atomic mass is 10.1. The number of amides is 1. The van der Waals surface area contributed by atoms with E-state index in [2.05, 4.69) is 15.3 Å². The van der Waals surface area contributed by atoms with Gasteiger partial charge in [-0.25, -0.2) is 4.98 Å². The molecule has 0 fully saturated rings. The molecule has 0 atom stereocenters. The van der Waals surface area contributed by atoms with Crippen molar-refractivity contribution in [2.75, 3.05) is 0 Å². The molecule has 0 bridgehead atoms. The van der Waals surface area contributed by atoms with Gasteiger partial charge in [-0.1, -0.05) is 11.6 Å². The molecule has 0 saturated heterocycles. The maximum Gasteiger partial charge on any atom is 0.287 e. The minimum absolute atomic E-state index is 0.245. The van der Waals surface area contributed by atoms with Gasteiger partial charge >= 0.3 is 0 Å². The van der Waals surface area contributed by atoms with Crippen LogP contribution in [0.4, 0.5) is 0 Å². The number of nitrogens with zero attached hydrogens (tertiary/aromatic N) is 1. The number of aromatic amines is 1. The molecule has 0 unspecified atom stereocenters. The number of rotatable bonds is 1. The number of H-pyrrole nitrogens is 1. The molecule has 1 amide bonds. The van der Waals surface area contributed by atoms with Crippen molar-refractivity contribution in [3.8, 4) is 0 Å². The minimum Gasteiger partial charge on any atom is -0.345 e. The molecule has 78 valence electrons. The van der Waals surface area contributed by atoms with Crippen LogP contribution in [0.1, 0.15) is 31.4 Å². The second kappa shape index (κ2) is 4.06. The van der Waals surface area contributed by atoms with Gasteiger partial charge in [-0.2, -0.15) is 0 Å². The van der Waals surface area contributed by atoms with Crippen molar-refractivity contribution in [2.24, 2.45) is 0 Å². The zero-order valence-corrected chi connectivity index (χ0v) is 11.0. The zero-order chi connectivity index (χ0) is 10.9. The van der Waals surface area contributed by atoms with E-state index in [1.54, 1.807) is 0 Å². The molecular weight excluding hydrogens is 316 g/mol. The van der Waals surface area contributed by atoms with Crippen LogP contribution in [-0.4, -0.2) is 21.4 Å². The van der Waals surface area contributed by atoms with Gasteiger partial charge in [-0.05, 0) is 43.4 Å². The summed E-state index contributed by atoms with van der Waals surface area (Å²) in [6.45, 7) is 5.71. The highest BCUT2D eigenvalue weighted by molar-refractivity contribution is 14.1. The first-order valence-corrected chi connectivity index (χ1v) is 5.49. The van der Waals surface area contributed by atoms with Gasteiger partial charge in [0.1, 0.15) is 8.85 Å². The topological polar surface area (TPSA) is 57.8 Å². The van der Waals surface area contributed by atoms with E-state index in [0.29, 0.717) is 8.85 Å². The summed E-state index contributed by atoms with van der Waals surface area (Å²) in [5.74, 6) is -0.00311. The van der Waals surface area contributed by atoms with Crippen molar-refractivity contribution in [2.45, 2.75) is 26.3 Å². The number of carbonyl (C=O) groups is 1. The number of carbonyl (C=O) groups excluding carboxylic acids is 1. The monoisotopic (exact) mass is 327 g/mol. The Bertz CT molecular complexity index is 336. The van der Waals surface area contributed by atoms with Gasteiger partial charge in [-0.15, -0.1) is 0 Å². The summed E-state index contributed by atoms with van der Waals surface area (Å²) in [7, 11) is 0. The predicted molar refractivity (Wildman–Crippen MR) is 63.5 cm³/mol. The van der Waals surface area contributed by atoms with Crippen LogP contribution in [0.25, 0.3) is 0 Å². The number of hydrogen-bond acceptors (Lipinski definition) is 2. The average Bonchev–Trinajstić information content (AvgIpc) is 2.28. The van der Waals surface area contributed by atoms with Gasteiger partial charge in [-0.3, -0.25) is 4.79 Å². The van der Waals surface area contributed by atoms with E-state index in [1.807, 2.05) is 43.4 Å². The third kappa shape index (κ3) is 3.13. The molecular formula is C8H11ClIN3O. The van der Waals surface area contributed by atoms with Crippen molar-refractivity contribution >= 4 is 40.1 Å². The van der Waals surface area contributed by atoms with Gasteiger partial charge in [0.25, 0.3) is 5.91 Å². The van der Waals surface area contributed by atoms with Gasteiger partial charge in [0, 0.05) is 5.54 Å². The fourth-order valence-electron chi connectivity index (χ4n) is 0.838. The first kappa shape index (κ1) is 11.8. The SMILES string of the molecule is CC(C)(C)NC(=O)c1nc(I)c(Cl)[nH]1. The Morgan fingerprint density at radius 3 is 2.50 bits per heavy atom. The molecule has 4 nitrogen and oxygen atoms in total. The maximum absolute atomic E-state index is 11.6. The molecule has 0 saturated carbocycles. The molecule has 1 heterocycles. The Labute approximate surface area is 101 Å². The van der Waals surface area contributed by atoms with Gasteiger partial charge in [0.2, 0.25) is 0 Å². The van der Waals surface area contributed by atoms with Crippen molar-refractivity contribution in [3.63, 3.8) is 0 Å². The van der Waals surface area contributed by atoms with E-state index >= 15 is 0 Å². The van der Waals surface area contributed by atoms with E-state index in [-0.39, 0.29) is 17.3 Å². The maximum atomic E-state index is 11.6. The molecule has 2 N–H and O–H groups in total. The highest BCUT2D eigenvalue weighted by atomic mass is 127. The molecule has 0 aliphatic heterocycles. The molecule has 0 radical (unpaired) electrons. The largest absolute Gasteiger partial charge is 0.345 e. The summed E-state index contributed by atoms with van der Waals surface area (Å²) in [6.07, 6.45) is 0. The average molecular weight is 328 g/mol. The molecule has 0 spiro atoms. The lowest BCUT2D eigenvalue weighted by Crippen LogP contribution is -2.41. The van der Waals surface area contributed by atoms with Crippen LogP contribution in [0, 0.1) is 3.70 Å². The molecule has 1 rings (SSSR count). The third-order valence-corrected chi connectivity index (χ3v) is 2.70. The van der Waals surface area contributed by atoms with Gasteiger partial charge in [0.15, 0.2) is 5.82 Å². The van der Waals surface area contributed by atoms with Gasteiger partial charge in [0.05, 0.1) is 0 Å². The number of halogens is 2. The van der Waals surface area contributed by atoms with Crippen molar-refractivity contribution in [1.82, 2.24) is 15.3 Å². The molecule has 1 aromatic rings. The Hall–Kier alpha value is -0.300. The summed E-state index contributed by atoms with van der Waals surface area (Å²) >= 11 is 7.70. The molecule has 0 aliphatic carbocycles. The fraction of sp³-hybridized carbons (Fsp3) is 0.500. The summed E-state index contributed by atoms with van der Waals surface area (Å²) in [4.78, 5) is 18.2. The Balaban J connectivity index is 2.80. The Morgan fingerprint density at radius 2 is 2.14 bits per heavy atom. The van der Waals surface area contributed by atoms with Crippen molar-refractivity contribution in [1.29, 1.82) is 0 Å². The second-order valence-electron chi connectivity index (χ2n) is 3.89. The lowest BCUT2D eigenvalue weighted by Gasteiger charge is -2.19. The van der Waals surface area contributed by atoms with Gasteiger partial charge < -0.3 is 10.3 Å². The summed E-state index contributed by atoms with van der Waals surface area (Å²) in [5.41, 5.74) is -0.276. The summed E-state index contributed by atoms with van der Waals surface area (Å²) < 4.78 is 0.600. The van der Waals surface area contributed by atoms with E-state index in [9.17, 15) is 4.79 Å². The summed E-state index contributed by atoms with van der Waals surface area (Å²) in [5, 5.41) is 3.17. The van der Waals surface area contributed by atoms with Crippen LogP contribution in [0.15, 0.2) is 0 Å². The van der Waals surface area contributed by atoms with E-state index in [0.717, 1.165) is 0 Å². The number of hydrogen-bond donors (Lipinski definition) is 2. The molecule has 6 heteroatoms. The first-order valence-electron chi connectivity index (χ1n) is 4.03. The number of imidazole rings is 1. The van der Waals surface area contributed by atoms with Crippen LogP contribution >= 0.6 is 34.2 Å². The first-order chi connectivity index (χ1) is 6.29. The third-order valence-electron chi connectivity index (χ3n) is 1.32. The van der Waals surface area contributed by atoms with Crippen molar-refractivity contribution < 1.29 is 4.79 Å². The predicted octanol–water partition coefficient (Wildman–Crippen LogP) is 2.20. The van der Waals surface area contributed by atoms with Crippen LogP contribution in [0.3, 0.4) is 0 Å². The minimum atomic E-state index is -0.276.